The van der Waals surface area contributed by atoms with Gasteiger partial charge in [0.25, 0.3) is 0 Å². The van der Waals surface area contributed by atoms with Crippen molar-refractivity contribution in [2.24, 2.45) is 0 Å². The number of hydrogen-bond acceptors (Lipinski definition) is 2. The van der Waals surface area contributed by atoms with Crippen molar-refractivity contribution in [1.29, 1.82) is 0 Å². The topological polar surface area (TPSA) is 34.1 Å². The Kier molecular flexibility index (Phi) is 1.51. The Morgan fingerprint density at radius 3 is 2.50 bits per heavy atom. The van der Waals surface area contributed by atoms with E-state index < -0.39 is 16.9 Å². The minimum absolute atomic E-state index is 0.447. The summed E-state index contributed by atoms with van der Waals surface area (Å²) in [6.07, 6.45) is 0. The lowest BCUT2D eigenvalue weighted by atomic mass is 10.1. The van der Waals surface area contributed by atoms with Gasteiger partial charge in [-0.1, -0.05) is 24.3 Å². The van der Waals surface area contributed by atoms with Gasteiger partial charge in [-0.25, -0.2) is 0 Å². The molecule has 0 saturated heterocycles. The fraction of sp³-hybridized carbons (Fsp3) is 0.111. The smallest absolute Gasteiger partial charge is 0.230 e. The average Bonchev–Trinajstić information content (AvgIpc) is 2.33. The van der Waals surface area contributed by atoms with Crippen molar-refractivity contribution in [3.63, 3.8) is 0 Å². The second kappa shape index (κ2) is 2.42. The van der Waals surface area contributed by atoms with Crippen molar-refractivity contribution >= 4 is 23.2 Å². The second-order valence-corrected chi connectivity index (χ2v) is 3.08. The normalized spacial score (nSPS) is 21.2. The highest BCUT2D eigenvalue weighted by atomic mass is 35.5. The van der Waals surface area contributed by atoms with Crippen molar-refractivity contribution < 1.29 is 9.59 Å². The maximum Gasteiger partial charge on any atom is 0.230 e. The standard InChI is InChI=1S/C9H5ClO2/c10-7-5-3-1-2-4-6(5)8(11)9(7)12/h1-4,7H. The second-order valence-electron chi connectivity index (χ2n) is 2.64. The summed E-state index contributed by atoms with van der Waals surface area (Å²) in [7, 11) is 0. The van der Waals surface area contributed by atoms with Gasteiger partial charge in [-0.05, 0) is 5.56 Å². The van der Waals surface area contributed by atoms with Crippen molar-refractivity contribution in [2.45, 2.75) is 5.38 Å². The first-order valence-electron chi connectivity index (χ1n) is 3.53. The van der Waals surface area contributed by atoms with Crippen molar-refractivity contribution in [2.75, 3.05) is 0 Å². The van der Waals surface area contributed by atoms with Gasteiger partial charge < -0.3 is 0 Å². The lowest BCUT2D eigenvalue weighted by Gasteiger charge is -1.96. The fourth-order valence-corrected chi connectivity index (χ4v) is 1.60. The van der Waals surface area contributed by atoms with Gasteiger partial charge in [0, 0.05) is 5.56 Å². The van der Waals surface area contributed by atoms with Crippen LogP contribution >= 0.6 is 11.6 Å². The van der Waals surface area contributed by atoms with Crippen LogP contribution < -0.4 is 0 Å². The Balaban J connectivity index is 2.67. The monoisotopic (exact) mass is 180 g/mol. The van der Waals surface area contributed by atoms with Crippen LogP contribution in [0.3, 0.4) is 0 Å². The number of benzene rings is 1. The molecule has 1 aliphatic carbocycles. The highest BCUT2D eigenvalue weighted by Crippen LogP contribution is 2.32. The maximum absolute atomic E-state index is 11.2. The Morgan fingerprint density at radius 1 is 1.17 bits per heavy atom. The number of carbonyl (C=O) groups is 2. The lowest BCUT2D eigenvalue weighted by Crippen LogP contribution is -2.07. The molecular formula is C9H5ClO2. The Labute approximate surface area is 74.1 Å². The molecular weight excluding hydrogens is 176 g/mol. The quantitative estimate of drug-likeness (QED) is 0.450. The number of carbonyl (C=O) groups excluding carboxylic acids is 2. The molecule has 3 heteroatoms. The van der Waals surface area contributed by atoms with Crippen molar-refractivity contribution in [1.82, 2.24) is 0 Å². The number of rotatable bonds is 0. The molecule has 0 saturated carbocycles. The van der Waals surface area contributed by atoms with Gasteiger partial charge in [0.05, 0.1) is 0 Å². The Hall–Kier alpha value is -1.15. The van der Waals surface area contributed by atoms with Crippen molar-refractivity contribution in [3.05, 3.63) is 35.4 Å². The molecule has 1 aromatic carbocycles. The summed E-state index contributed by atoms with van der Waals surface area (Å²) >= 11 is 5.72. The summed E-state index contributed by atoms with van der Waals surface area (Å²) in [6, 6.07) is 6.81. The minimum Gasteiger partial charge on any atom is -0.288 e. The molecule has 0 radical (unpaired) electrons. The van der Waals surface area contributed by atoms with E-state index in [0.717, 1.165) is 0 Å². The summed E-state index contributed by atoms with van der Waals surface area (Å²) < 4.78 is 0. The van der Waals surface area contributed by atoms with E-state index in [4.69, 9.17) is 11.6 Å². The third-order valence-corrected chi connectivity index (χ3v) is 2.37. The molecule has 0 amide bonds. The van der Waals surface area contributed by atoms with Gasteiger partial charge in [-0.3, -0.25) is 9.59 Å². The summed E-state index contributed by atoms with van der Waals surface area (Å²) in [5.41, 5.74) is 1.08. The fourth-order valence-electron chi connectivity index (χ4n) is 1.31. The van der Waals surface area contributed by atoms with E-state index in [-0.39, 0.29) is 0 Å². The predicted molar refractivity (Wildman–Crippen MR) is 44.4 cm³/mol. The van der Waals surface area contributed by atoms with Gasteiger partial charge in [-0.15, -0.1) is 11.6 Å². The zero-order valence-electron chi connectivity index (χ0n) is 6.08. The van der Waals surface area contributed by atoms with E-state index in [1.54, 1.807) is 24.3 Å². The van der Waals surface area contributed by atoms with Gasteiger partial charge in [-0.2, -0.15) is 0 Å². The molecule has 0 N–H and O–H groups in total. The van der Waals surface area contributed by atoms with Crippen molar-refractivity contribution in [3.8, 4) is 0 Å². The number of Topliss-reactive ketones (excluding diaryl/α,β-unsaturated/α-hetero) is 2. The molecule has 2 nitrogen and oxygen atoms in total. The Morgan fingerprint density at radius 2 is 1.83 bits per heavy atom. The molecule has 0 spiro atoms. The van der Waals surface area contributed by atoms with Gasteiger partial charge >= 0.3 is 0 Å². The summed E-state index contributed by atoms with van der Waals surface area (Å²) in [5.74, 6) is -0.983. The molecule has 0 aromatic heterocycles. The number of halogens is 1. The number of alkyl halides is 1. The van der Waals surface area contributed by atoms with Gasteiger partial charge in [0.2, 0.25) is 11.6 Å². The number of ketones is 2. The minimum atomic E-state index is -0.770. The van der Waals surface area contributed by atoms with Crippen LogP contribution in [-0.4, -0.2) is 11.6 Å². The molecule has 1 atom stereocenters. The van der Waals surface area contributed by atoms with Crippen LogP contribution in [0, 0.1) is 0 Å². The molecule has 1 aliphatic rings. The first kappa shape index (κ1) is 7.50. The molecule has 1 aromatic rings. The summed E-state index contributed by atoms with van der Waals surface area (Å²) in [6.45, 7) is 0. The van der Waals surface area contributed by atoms with E-state index in [1.165, 1.54) is 0 Å². The summed E-state index contributed by atoms with van der Waals surface area (Å²) in [5, 5.41) is -0.770. The Bertz CT molecular complexity index is 371. The van der Waals surface area contributed by atoms with Crippen LogP contribution in [0.4, 0.5) is 0 Å². The first-order valence-corrected chi connectivity index (χ1v) is 3.97. The lowest BCUT2D eigenvalue weighted by molar-refractivity contribution is -0.114. The van der Waals surface area contributed by atoms with Gasteiger partial charge in [0.1, 0.15) is 5.38 Å². The van der Waals surface area contributed by atoms with E-state index >= 15 is 0 Å². The van der Waals surface area contributed by atoms with Crippen LogP contribution in [0.5, 0.6) is 0 Å². The SMILES string of the molecule is O=C1C(=O)C(Cl)c2ccccc21. The third-order valence-electron chi connectivity index (χ3n) is 1.93. The molecule has 12 heavy (non-hydrogen) atoms. The molecule has 60 valence electrons. The van der Waals surface area contributed by atoms with Gasteiger partial charge in [0.15, 0.2) is 0 Å². The van der Waals surface area contributed by atoms with Crippen LogP contribution in [0.1, 0.15) is 21.3 Å². The first-order chi connectivity index (χ1) is 5.72. The third kappa shape index (κ3) is 0.816. The average molecular weight is 181 g/mol. The van der Waals surface area contributed by atoms with E-state index in [1.807, 2.05) is 0 Å². The molecule has 0 aliphatic heterocycles. The van der Waals surface area contributed by atoms with Crippen LogP contribution in [0.2, 0.25) is 0 Å². The van der Waals surface area contributed by atoms with Crippen LogP contribution in [0.15, 0.2) is 24.3 Å². The number of fused-ring (bicyclic) bond motifs is 1. The zero-order chi connectivity index (χ0) is 8.72. The predicted octanol–water partition coefficient (Wildman–Crippen LogP) is 1.73. The highest BCUT2D eigenvalue weighted by Gasteiger charge is 2.36. The van der Waals surface area contributed by atoms with E-state index in [2.05, 4.69) is 0 Å². The van der Waals surface area contributed by atoms with Crippen LogP contribution in [0.25, 0.3) is 0 Å². The van der Waals surface area contributed by atoms with E-state index in [9.17, 15) is 9.59 Å². The molecule has 2 rings (SSSR count). The summed E-state index contributed by atoms with van der Waals surface area (Å²) in [4.78, 5) is 22.3. The zero-order valence-corrected chi connectivity index (χ0v) is 6.84. The molecule has 0 fully saturated rings. The van der Waals surface area contributed by atoms with E-state index in [0.29, 0.717) is 11.1 Å². The van der Waals surface area contributed by atoms with Crippen LogP contribution in [-0.2, 0) is 4.79 Å². The maximum atomic E-state index is 11.2. The molecule has 0 bridgehead atoms. The largest absolute Gasteiger partial charge is 0.288 e. The molecule has 1 unspecified atom stereocenters. The molecule has 0 heterocycles. The highest BCUT2D eigenvalue weighted by molar-refractivity contribution is 6.56. The number of hydrogen-bond donors (Lipinski definition) is 0.